The van der Waals surface area contributed by atoms with Crippen LogP contribution in [0.2, 0.25) is 10.0 Å². The molecule has 0 aliphatic carbocycles. The molecule has 1 aliphatic heterocycles. The number of benzene rings is 2. The van der Waals surface area contributed by atoms with Crippen molar-refractivity contribution in [1.29, 1.82) is 5.26 Å². The topological polar surface area (TPSA) is 78.2 Å². The Morgan fingerprint density at radius 1 is 1.17 bits per heavy atom. The number of pyridine rings is 1. The van der Waals surface area contributed by atoms with Gasteiger partial charge >= 0.3 is 0 Å². The largest absolute Gasteiger partial charge is 0.495 e. The number of nitrogens with one attached hydrogen (secondary N) is 1. The van der Waals surface area contributed by atoms with Crippen molar-refractivity contribution in [3.63, 3.8) is 0 Å². The van der Waals surface area contributed by atoms with E-state index in [0.29, 0.717) is 32.7 Å². The van der Waals surface area contributed by atoms with Gasteiger partial charge in [-0.1, -0.05) is 47.5 Å². The van der Waals surface area contributed by atoms with E-state index < -0.39 is 10.8 Å². The molecule has 6 nitrogen and oxygen atoms in total. The van der Waals surface area contributed by atoms with Crippen LogP contribution in [-0.4, -0.2) is 45.8 Å². The molecule has 4 aromatic rings. The summed E-state index contributed by atoms with van der Waals surface area (Å²) in [6, 6.07) is 16.1. The van der Waals surface area contributed by atoms with Crippen molar-refractivity contribution in [1.82, 2.24) is 9.88 Å². The fraction of sp³-hybridized carbons (Fsp3) is 0.231. The van der Waals surface area contributed by atoms with Crippen molar-refractivity contribution < 1.29 is 8.95 Å². The fourth-order valence-corrected chi connectivity index (χ4v) is 6.87. The van der Waals surface area contributed by atoms with E-state index in [-0.39, 0.29) is 0 Å². The van der Waals surface area contributed by atoms with Crippen LogP contribution in [0.3, 0.4) is 0 Å². The smallest absolute Gasteiger partial charge is 0.139 e. The lowest BCUT2D eigenvalue weighted by molar-refractivity contribution is 0.291. The Bertz CT molecular complexity index is 1490. The minimum absolute atomic E-state index is 0.408. The third-order valence-electron chi connectivity index (χ3n) is 6.08. The summed E-state index contributed by atoms with van der Waals surface area (Å²) in [4.78, 5) is 7.91. The van der Waals surface area contributed by atoms with E-state index in [1.165, 1.54) is 12.7 Å². The van der Waals surface area contributed by atoms with E-state index in [4.69, 9.17) is 27.9 Å². The monoisotopic (exact) mass is 556 g/mol. The van der Waals surface area contributed by atoms with Gasteiger partial charge in [0.2, 0.25) is 0 Å². The van der Waals surface area contributed by atoms with Crippen LogP contribution in [0.5, 0.6) is 5.75 Å². The van der Waals surface area contributed by atoms with Gasteiger partial charge in [-0.2, -0.15) is 5.26 Å². The molecule has 1 N–H and O–H groups in total. The first-order valence-corrected chi connectivity index (χ1v) is 14.3. The van der Waals surface area contributed by atoms with Gasteiger partial charge in [0, 0.05) is 59.1 Å². The second-order valence-electron chi connectivity index (χ2n) is 8.40. The lowest BCUT2D eigenvalue weighted by atomic mass is 10.1. The summed E-state index contributed by atoms with van der Waals surface area (Å²) in [5.74, 6) is 1.99. The zero-order chi connectivity index (χ0) is 25.2. The molecule has 1 fully saturated rings. The van der Waals surface area contributed by atoms with E-state index in [1.54, 1.807) is 29.7 Å². The number of nitriles is 1. The molecule has 0 bridgehead atoms. The van der Waals surface area contributed by atoms with Gasteiger partial charge in [0.15, 0.2) is 0 Å². The highest BCUT2D eigenvalue weighted by atomic mass is 35.5. The Morgan fingerprint density at radius 3 is 2.61 bits per heavy atom. The number of aromatic nitrogens is 1. The molecule has 2 aromatic heterocycles. The molecule has 0 unspecified atom stereocenters. The summed E-state index contributed by atoms with van der Waals surface area (Å²) in [7, 11) is 0.869. The van der Waals surface area contributed by atoms with Crippen LogP contribution in [0.25, 0.3) is 20.7 Å². The second kappa shape index (κ2) is 10.8. The first-order chi connectivity index (χ1) is 17.4. The van der Waals surface area contributed by atoms with Gasteiger partial charge in [0.05, 0.1) is 44.3 Å². The summed E-state index contributed by atoms with van der Waals surface area (Å²) in [5.41, 5.74) is 4.74. The number of ether oxygens (including phenoxy) is 1. The lowest BCUT2D eigenvalue weighted by Gasteiger charge is -2.26. The number of thiophene rings is 1. The normalized spacial score (nSPS) is 14.6. The molecule has 0 amide bonds. The van der Waals surface area contributed by atoms with E-state index in [1.807, 2.05) is 6.07 Å². The molecule has 36 heavy (non-hydrogen) atoms. The number of nitrogens with zero attached hydrogens (tertiary/aromatic N) is 3. The van der Waals surface area contributed by atoms with Crippen molar-refractivity contribution in [3.8, 4) is 22.3 Å². The number of hydrogen-bond donors (Lipinski definition) is 1. The summed E-state index contributed by atoms with van der Waals surface area (Å²) in [6.07, 6.45) is 1.57. The molecule has 2 aromatic carbocycles. The van der Waals surface area contributed by atoms with E-state index >= 15 is 0 Å². The molecule has 1 saturated heterocycles. The minimum Gasteiger partial charge on any atom is -0.495 e. The van der Waals surface area contributed by atoms with E-state index in [9.17, 15) is 9.47 Å². The summed E-state index contributed by atoms with van der Waals surface area (Å²) in [6.45, 7) is 2.60. The Morgan fingerprint density at radius 2 is 1.92 bits per heavy atom. The summed E-state index contributed by atoms with van der Waals surface area (Å²) >= 11 is 14.2. The van der Waals surface area contributed by atoms with Crippen LogP contribution in [0.15, 0.2) is 48.7 Å². The molecule has 5 rings (SSSR count). The number of methoxy groups -OCH3 is 1. The van der Waals surface area contributed by atoms with Crippen LogP contribution in [0.4, 0.5) is 11.4 Å². The maximum Gasteiger partial charge on any atom is 0.139 e. The van der Waals surface area contributed by atoms with Crippen molar-refractivity contribution in [3.05, 3.63) is 69.8 Å². The van der Waals surface area contributed by atoms with Crippen molar-refractivity contribution in [2.24, 2.45) is 0 Å². The zero-order valence-corrected chi connectivity index (χ0v) is 22.5. The van der Waals surface area contributed by atoms with Crippen LogP contribution < -0.4 is 10.1 Å². The molecule has 1 aliphatic rings. The quantitative estimate of drug-likeness (QED) is 0.293. The third-order valence-corrected chi connectivity index (χ3v) is 9.15. The number of anilines is 2. The SMILES string of the molecule is COc1cc(Nc2c(C#N)cnc3cc(-c4ccc(CN5CCS(=O)CC5)cc4)sc23)c(Cl)cc1Cl. The average Bonchev–Trinajstić information content (AvgIpc) is 3.32. The second-order valence-corrected chi connectivity index (χ2v) is 12.0. The maximum atomic E-state index is 11.6. The Kier molecular flexibility index (Phi) is 7.47. The predicted octanol–water partition coefficient (Wildman–Crippen LogP) is 6.46. The van der Waals surface area contributed by atoms with Crippen LogP contribution in [0.1, 0.15) is 11.1 Å². The molecule has 0 saturated carbocycles. The van der Waals surface area contributed by atoms with Gasteiger partial charge in [-0.3, -0.25) is 14.1 Å². The summed E-state index contributed by atoms with van der Waals surface area (Å²) in [5, 5.41) is 13.9. The predicted molar refractivity (Wildman–Crippen MR) is 149 cm³/mol. The number of rotatable bonds is 6. The molecule has 3 heterocycles. The number of hydrogen-bond acceptors (Lipinski definition) is 7. The number of fused-ring (bicyclic) bond motifs is 1. The molecule has 0 atom stereocenters. The van der Waals surface area contributed by atoms with Gasteiger partial charge in [-0.05, 0) is 23.3 Å². The highest BCUT2D eigenvalue weighted by molar-refractivity contribution is 7.85. The van der Waals surface area contributed by atoms with Crippen LogP contribution in [-0.2, 0) is 17.3 Å². The summed E-state index contributed by atoms with van der Waals surface area (Å²) < 4.78 is 17.8. The fourth-order valence-electron chi connectivity index (χ4n) is 4.11. The van der Waals surface area contributed by atoms with Gasteiger partial charge in [0.25, 0.3) is 0 Å². The van der Waals surface area contributed by atoms with Gasteiger partial charge in [-0.15, -0.1) is 11.3 Å². The van der Waals surface area contributed by atoms with Crippen molar-refractivity contribution in [2.75, 3.05) is 37.0 Å². The Labute approximate surface area is 225 Å². The van der Waals surface area contributed by atoms with Crippen molar-refractivity contribution >= 4 is 66.9 Å². The van der Waals surface area contributed by atoms with E-state index in [2.05, 4.69) is 45.5 Å². The molecule has 0 radical (unpaired) electrons. The standard InChI is InChI=1S/C26H22Cl2N4O2S2/c1-34-23-11-21(19(27)10-20(23)28)31-25-18(13-29)14-30-22-12-24(35-26(22)25)17-4-2-16(3-5-17)15-32-6-8-36(33)9-7-32/h2-5,10-12,14H,6-9,15H2,1H3,(H,30,31). The van der Waals surface area contributed by atoms with Crippen LogP contribution >= 0.6 is 34.5 Å². The van der Waals surface area contributed by atoms with E-state index in [0.717, 1.165) is 51.8 Å². The van der Waals surface area contributed by atoms with Gasteiger partial charge in [-0.25, -0.2) is 0 Å². The molecule has 10 heteroatoms. The van der Waals surface area contributed by atoms with Gasteiger partial charge < -0.3 is 10.1 Å². The van der Waals surface area contributed by atoms with Crippen LogP contribution in [0, 0.1) is 11.3 Å². The maximum absolute atomic E-state index is 11.6. The highest BCUT2D eigenvalue weighted by Crippen LogP contribution is 2.41. The minimum atomic E-state index is -0.668. The molecule has 0 spiro atoms. The Hall–Kier alpha value is -2.67. The average molecular weight is 558 g/mol. The molecule has 184 valence electrons. The highest BCUT2D eigenvalue weighted by Gasteiger charge is 2.18. The Balaban J connectivity index is 1.44. The molecular weight excluding hydrogens is 535 g/mol. The zero-order valence-electron chi connectivity index (χ0n) is 19.4. The van der Waals surface area contributed by atoms with Gasteiger partial charge in [0.1, 0.15) is 11.8 Å². The first-order valence-electron chi connectivity index (χ1n) is 11.2. The lowest BCUT2D eigenvalue weighted by Crippen LogP contribution is -2.37. The number of halogens is 2. The van der Waals surface area contributed by atoms with Crippen molar-refractivity contribution in [2.45, 2.75) is 6.54 Å². The third kappa shape index (κ3) is 5.22. The first kappa shape index (κ1) is 25.0. The molecular formula is C26H22Cl2N4O2S2.